The Bertz CT molecular complexity index is 1730. The average molecular weight is 732 g/mol. The summed E-state index contributed by atoms with van der Waals surface area (Å²) in [5.41, 5.74) is 5.38. The van der Waals surface area contributed by atoms with Crippen LogP contribution in [0.25, 0.3) is 5.52 Å². The van der Waals surface area contributed by atoms with Crippen molar-refractivity contribution in [2.75, 3.05) is 25.6 Å². The van der Waals surface area contributed by atoms with Crippen molar-refractivity contribution in [1.82, 2.24) is 19.7 Å². The summed E-state index contributed by atoms with van der Waals surface area (Å²) in [5, 5.41) is 7.02. The maximum absolute atomic E-state index is 14.5. The Kier molecular flexibility index (Phi) is 12.0. The van der Waals surface area contributed by atoms with E-state index in [4.69, 9.17) is 38.5 Å². The van der Waals surface area contributed by atoms with Gasteiger partial charge in [0.25, 0.3) is 0 Å². The molecule has 0 spiro atoms. The van der Waals surface area contributed by atoms with Gasteiger partial charge < -0.3 is 33.9 Å². The highest BCUT2D eigenvalue weighted by Gasteiger charge is 2.59. The van der Waals surface area contributed by atoms with E-state index in [0.717, 1.165) is 0 Å². The minimum absolute atomic E-state index is 0.192. The number of nitrogens with two attached hydrogens (primary N) is 1. The molecule has 16 nitrogen and oxygen atoms in total. The summed E-state index contributed by atoms with van der Waals surface area (Å²) in [6, 6.07) is 10.5. The Labute approximate surface area is 296 Å². The molecule has 3 N–H and O–H groups in total. The molecule has 0 saturated carbocycles. The Hall–Kier alpha value is -4.08. The number of carbonyl (C=O) groups is 3. The minimum Gasteiger partial charge on any atom is -0.461 e. The quantitative estimate of drug-likeness (QED) is 0.136. The monoisotopic (exact) mass is 731 g/mol. The van der Waals surface area contributed by atoms with E-state index < -0.39 is 74.1 Å². The number of benzene rings is 1. The molecule has 2 aromatic heterocycles. The Morgan fingerprint density at radius 3 is 2.31 bits per heavy atom. The lowest BCUT2D eigenvalue weighted by Gasteiger charge is -2.33. The molecule has 0 unspecified atom stereocenters. The largest absolute Gasteiger partial charge is 0.461 e. The highest BCUT2D eigenvalue weighted by Crippen LogP contribution is 2.50. The van der Waals surface area contributed by atoms with Crippen LogP contribution in [0.3, 0.4) is 0 Å². The minimum atomic E-state index is -4.41. The molecule has 5 rings (SSSR count). The van der Waals surface area contributed by atoms with Gasteiger partial charge in [0.2, 0.25) is 0 Å². The van der Waals surface area contributed by atoms with Crippen LogP contribution in [0.1, 0.15) is 66.2 Å². The van der Waals surface area contributed by atoms with E-state index in [1.165, 1.54) is 17.8 Å². The number of hydrogen-bond donors (Lipinski definition) is 2. The van der Waals surface area contributed by atoms with Gasteiger partial charge in [0.05, 0.1) is 37.4 Å². The molecule has 2 fully saturated rings. The van der Waals surface area contributed by atoms with Crippen molar-refractivity contribution >= 4 is 37.0 Å². The van der Waals surface area contributed by atoms with Gasteiger partial charge in [-0.15, -0.1) is 0 Å². The van der Waals surface area contributed by atoms with Crippen LogP contribution in [-0.4, -0.2) is 82.3 Å². The van der Waals surface area contributed by atoms with Crippen LogP contribution in [0, 0.1) is 11.8 Å². The zero-order valence-electron chi connectivity index (χ0n) is 29.6. The average Bonchev–Trinajstić information content (AvgIpc) is 3.64. The van der Waals surface area contributed by atoms with Crippen LogP contribution in [0.5, 0.6) is 5.75 Å². The number of para-hydroxylation sites is 1. The zero-order valence-corrected chi connectivity index (χ0v) is 30.4. The fourth-order valence-corrected chi connectivity index (χ4v) is 7.17. The van der Waals surface area contributed by atoms with Crippen molar-refractivity contribution in [3.05, 3.63) is 54.5 Å². The van der Waals surface area contributed by atoms with Crippen molar-refractivity contribution in [2.45, 2.75) is 90.4 Å². The van der Waals surface area contributed by atoms with Gasteiger partial charge in [0, 0.05) is 12.8 Å². The second-order valence-corrected chi connectivity index (χ2v) is 15.1. The van der Waals surface area contributed by atoms with Crippen LogP contribution < -0.4 is 15.3 Å². The second-order valence-electron chi connectivity index (χ2n) is 13.4. The van der Waals surface area contributed by atoms with Crippen molar-refractivity contribution in [3.63, 3.8) is 0 Å². The summed E-state index contributed by atoms with van der Waals surface area (Å²) in [6.07, 6.45) is -1.55. The smallest absolute Gasteiger partial charge is 0.459 e. The van der Waals surface area contributed by atoms with E-state index in [9.17, 15) is 18.9 Å². The zero-order chi connectivity index (χ0) is 36.9. The van der Waals surface area contributed by atoms with Gasteiger partial charge in [0.1, 0.15) is 41.4 Å². The van der Waals surface area contributed by atoms with Crippen LogP contribution in [0.4, 0.5) is 5.82 Å². The number of rotatable bonds is 14. The Morgan fingerprint density at radius 2 is 1.65 bits per heavy atom. The number of ether oxygens (including phenoxy) is 5. The number of nitrogens with zero attached hydrogens (tertiary/aromatic N) is 3. The van der Waals surface area contributed by atoms with Crippen molar-refractivity contribution in [1.29, 1.82) is 0 Å². The van der Waals surface area contributed by atoms with Crippen molar-refractivity contribution in [3.8, 4) is 5.75 Å². The third-order valence-corrected chi connectivity index (χ3v) is 10.1. The summed E-state index contributed by atoms with van der Waals surface area (Å²) in [4.78, 5) is 43.4. The topological polar surface area (TPSA) is 201 Å². The maximum Gasteiger partial charge on any atom is 0.459 e. The predicted octanol–water partition coefficient (Wildman–Crippen LogP) is 4.18. The molecule has 4 heterocycles. The number of nitrogens with one attached hydrogen (secondary N) is 1. The van der Waals surface area contributed by atoms with Crippen LogP contribution in [0.2, 0.25) is 0 Å². The SMILES string of the molecule is CC(C)C(=O)O[C@H]1[C@H](c2ccc3c(N)ncnn23)O[C@](C)(CO[P@](=O)(N[C@@H](C)C(=O)OC2CCOCC2)Oc2ccccc2)[C@H]1OC(=O)C(C)C. The second kappa shape index (κ2) is 16.1. The highest BCUT2D eigenvalue weighted by atomic mass is 31.2. The van der Waals surface area contributed by atoms with Gasteiger partial charge in [-0.3, -0.25) is 18.9 Å². The van der Waals surface area contributed by atoms with Crippen molar-refractivity contribution in [2.24, 2.45) is 11.8 Å². The van der Waals surface area contributed by atoms with Gasteiger partial charge in [0.15, 0.2) is 18.0 Å². The fraction of sp³-hybridized carbons (Fsp3) is 0.559. The summed E-state index contributed by atoms with van der Waals surface area (Å²) in [7, 11) is -4.41. The Morgan fingerprint density at radius 1 is 0.980 bits per heavy atom. The summed E-state index contributed by atoms with van der Waals surface area (Å²) in [6.45, 7) is 10.1. The first-order valence-corrected chi connectivity index (χ1v) is 18.5. The predicted molar refractivity (Wildman–Crippen MR) is 182 cm³/mol. The molecular weight excluding hydrogens is 685 g/mol. The summed E-state index contributed by atoms with van der Waals surface area (Å²) >= 11 is 0. The molecule has 2 saturated heterocycles. The first-order chi connectivity index (χ1) is 24.2. The molecule has 0 aliphatic carbocycles. The molecule has 3 aromatic rings. The van der Waals surface area contributed by atoms with E-state index in [2.05, 4.69) is 15.2 Å². The van der Waals surface area contributed by atoms with E-state index in [0.29, 0.717) is 37.3 Å². The van der Waals surface area contributed by atoms with Crippen LogP contribution in [0.15, 0.2) is 48.8 Å². The van der Waals surface area contributed by atoms with E-state index in [1.807, 2.05) is 0 Å². The molecule has 6 atom stereocenters. The number of hydrogen-bond acceptors (Lipinski definition) is 14. The first-order valence-electron chi connectivity index (χ1n) is 16.9. The molecule has 0 radical (unpaired) electrons. The highest BCUT2D eigenvalue weighted by molar-refractivity contribution is 7.52. The number of esters is 3. The summed E-state index contributed by atoms with van der Waals surface area (Å²) < 4.78 is 57.6. The lowest BCUT2D eigenvalue weighted by atomic mass is 9.95. The third-order valence-electron chi connectivity index (χ3n) is 8.48. The molecule has 1 aromatic carbocycles. The lowest BCUT2D eigenvalue weighted by molar-refractivity contribution is -0.175. The van der Waals surface area contributed by atoms with E-state index in [1.54, 1.807) is 77.1 Å². The first kappa shape index (κ1) is 38.2. The molecule has 17 heteroatoms. The molecule has 0 bridgehead atoms. The van der Waals surface area contributed by atoms with Gasteiger partial charge in [-0.05, 0) is 38.1 Å². The molecule has 2 aliphatic heterocycles. The number of fused-ring (bicyclic) bond motifs is 1. The maximum atomic E-state index is 14.5. The van der Waals surface area contributed by atoms with Crippen molar-refractivity contribution < 1.29 is 51.7 Å². The fourth-order valence-electron chi connectivity index (χ4n) is 5.58. The van der Waals surface area contributed by atoms with Gasteiger partial charge in [-0.25, -0.2) is 14.1 Å². The Balaban J connectivity index is 1.48. The van der Waals surface area contributed by atoms with E-state index >= 15 is 0 Å². The molecule has 51 heavy (non-hydrogen) atoms. The third kappa shape index (κ3) is 9.05. The summed E-state index contributed by atoms with van der Waals surface area (Å²) in [5.74, 6) is -2.53. The van der Waals surface area contributed by atoms with E-state index in [-0.39, 0.29) is 17.7 Å². The molecule has 278 valence electrons. The number of aromatic nitrogens is 3. The standard InChI is InChI=1S/C34H46N5O11P/c1-20(2)31(40)47-28-27(25-12-13-26-30(35)36-19-37-39(25)26)49-34(6,29(28)48-32(41)21(3)4)18-45-51(43,50-24-10-8-7-9-11-24)38-22(5)33(42)46-23-14-16-44-17-15-23/h7-13,19-23,27-29H,14-18H2,1-6H3,(H,38,43)(H2,35,36,37)/t22-,27-,28-,29-,34+,51+/m0/s1. The number of nitrogen functional groups attached to an aromatic ring is 1. The molecule has 2 aliphatic rings. The van der Waals surface area contributed by atoms with Crippen LogP contribution >= 0.6 is 7.75 Å². The van der Waals surface area contributed by atoms with Gasteiger partial charge in [-0.2, -0.15) is 10.2 Å². The van der Waals surface area contributed by atoms with Gasteiger partial charge in [-0.1, -0.05) is 45.9 Å². The van der Waals surface area contributed by atoms with Gasteiger partial charge >= 0.3 is 25.7 Å². The number of carbonyl (C=O) groups excluding carboxylic acids is 3. The molecule has 0 amide bonds. The lowest BCUT2D eigenvalue weighted by Crippen LogP contribution is -2.49. The van der Waals surface area contributed by atoms with Crippen LogP contribution in [-0.2, 0) is 47.2 Å². The normalized spacial score (nSPS) is 24.3. The number of anilines is 1. The molecular formula is C34H46N5O11P.